The van der Waals surface area contributed by atoms with Gasteiger partial charge in [0, 0.05) is 11.8 Å². The van der Waals surface area contributed by atoms with Gasteiger partial charge in [-0.1, -0.05) is 0 Å². The van der Waals surface area contributed by atoms with Crippen LogP contribution < -0.4 is 9.47 Å². The highest BCUT2D eigenvalue weighted by Gasteiger charge is 2.19. The van der Waals surface area contributed by atoms with E-state index in [-0.39, 0.29) is 11.4 Å². The topological polar surface area (TPSA) is 44.2 Å². The highest BCUT2D eigenvalue weighted by Crippen LogP contribution is 2.35. The fourth-order valence-electron chi connectivity index (χ4n) is 2.61. The van der Waals surface area contributed by atoms with Crippen molar-refractivity contribution in [3.8, 4) is 22.8 Å². The fraction of sp³-hybridized carbons (Fsp3) is 0.375. The lowest BCUT2D eigenvalue weighted by atomic mass is 10.1. The van der Waals surface area contributed by atoms with Crippen LogP contribution in [0.3, 0.4) is 0 Å². The number of halogens is 1. The van der Waals surface area contributed by atoms with Gasteiger partial charge < -0.3 is 9.47 Å². The predicted octanol–water partition coefficient (Wildman–Crippen LogP) is 4.13. The van der Waals surface area contributed by atoms with Gasteiger partial charge in [0.2, 0.25) is 5.28 Å². The molecule has 0 spiro atoms. The molecule has 1 aromatic carbocycles. The number of rotatable bonds is 4. The van der Waals surface area contributed by atoms with Gasteiger partial charge in [-0.25, -0.2) is 9.97 Å². The van der Waals surface area contributed by atoms with Crippen LogP contribution in [0.25, 0.3) is 11.3 Å². The molecule has 1 aromatic heterocycles. The molecule has 0 unspecified atom stereocenters. The van der Waals surface area contributed by atoms with Crippen LogP contribution in [-0.4, -0.2) is 23.2 Å². The summed E-state index contributed by atoms with van der Waals surface area (Å²) in [7, 11) is 1.65. The maximum Gasteiger partial charge on any atom is 0.222 e. The third-order valence-electron chi connectivity index (χ3n) is 3.68. The Bertz CT molecular complexity index is 627. The Morgan fingerprint density at radius 1 is 1.14 bits per heavy atom. The second-order valence-electron chi connectivity index (χ2n) is 5.10. The molecule has 1 heterocycles. The van der Waals surface area contributed by atoms with Crippen molar-refractivity contribution in [1.82, 2.24) is 9.97 Å². The standard InChI is InChI=1S/C16H17ClN2O2/c1-20-14-7-6-11(13-8-9-18-16(17)19-13)10-15(14)21-12-4-2-3-5-12/h6-10,12H,2-5H2,1H3. The maximum absolute atomic E-state index is 6.09. The molecule has 0 atom stereocenters. The molecule has 0 radical (unpaired) electrons. The fourth-order valence-corrected chi connectivity index (χ4v) is 2.76. The molecule has 0 saturated heterocycles. The van der Waals surface area contributed by atoms with Crippen LogP contribution in [0.1, 0.15) is 25.7 Å². The number of aromatic nitrogens is 2. The smallest absolute Gasteiger partial charge is 0.222 e. The van der Waals surface area contributed by atoms with Gasteiger partial charge in [-0.15, -0.1) is 0 Å². The summed E-state index contributed by atoms with van der Waals surface area (Å²) in [4.78, 5) is 8.13. The minimum atomic E-state index is 0.238. The first-order valence-corrected chi connectivity index (χ1v) is 7.47. The maximum atomic E-state index is 6.09. The normalized spacial score (nSPS) is 15.1. The van der Waals surface area contributed by atoms with Crippen LogP contribution in [0.4, 0.5) is 0 Å². The molecular weight excluding hydrogens is 288 g/mol. The Hall–Kier alpha value is -1.81. The second kappa shape index (κ2) is 6.31. The van der Waals surface area contributed by atoms with Crippen molar-refractivity contribution < 1.29 is 9.47 Å². The average Bonchev–Trinajstić information content (AvgIpc) is 3.00. The molecule has 3 rings (SSSR count). The minimum absolute atomic E-state index is 0.238. The molecule has 1 aliphatic carbocycles. The Morgan fingerprint density at radius 3 is 2.67 bits per heavy atom. The molecule has 1 aliphatic rings. The van der Waals surface area contributed by atoms with Crippen LogP contribution in [0.15, 0.2) is 30.5 Å². The summed E-state index contributed by atoms with van der Waals surface area (Å²) < 4.78 is 11.5. The summed E-state index contributed by atoms with van der Waals surface area (Å²) in [5.74, 6) is 1.50. The minimum Gasteiger partial charge on any atom is -0.493 e. The van der Waals surface area contributed by atoms with E-state index >= 15 is 0 Å². The first-order chi connectivity index (χ1) is 10.3. The monoisotopic (exact) mass is 304 g/mol. The Labute approximate surface area is 129 Å². The highest BCUT2D eigenvalue weighted by molar-refractivity contribution is 6.28. The van der Waals surface area contributed by atoms with Crippen molar-refractivity contribution >= 4 is 11.6 Å². The molecular formula is C16H17ClN2O2. The zero-order valence-electron chi connectivity index (χ0n) is 11.9. The lowest BCUT2D eigenvalue weighted by Gasteiger charge is -2.16. The average molecular weight is 305 g/mol. The SMILES string of the molecule is COc1ccc(-c2ccnc(Cl)n2)cc1OC1CCCC1. The zero-order valence-corrected chi connectivity index (χ0v) is 12.6. The summed E-state index contributed by atoms with van der Waals surface area (Å²) in [6.45, 7) is 0. The summed E-state index contributed by atoms with van der Waals surface area (Å²) in [5, 5.41) is 0.238. The second-order valence-corrected chi connectivity index (χ2v) is 5.44. The first kappa shape index (κ1) is 14.1. The lowest BCUT2D eigenvalue weighted by molar-refractivity contribution is 0.201. The van der Waals surface area contributed by atoms with Gasteiger partial charge in [0.05, 0.1) is 18.9 Å². The van der Waals surface area contributed by atoms with E-state index in [4.69, 9.17) is 21.1 Å². The van der Waals surface area contributed by atoms with Gasteiger partial charge >= 0.3 is 0 Å². The number of nitrogens with zero attached hydrogens (tertiary/aromatic N) is 2. The van der Waals surface area contributed by atoms with E-state index < -0.39 is 0 Å². The summed E-state index contributed by atoms with van der Waals surface area (Å²) >= 11 is 5.85. The summed E-state index contributed by atoms with van der Waals surface area (Å²) in [6.07, 6.45) is 6.59. The van der Waals surface area contributed by atoms with Gasteiger partial charge in [0.25, 0.3) is 0 Å². The van der Waals surface area contributed by atoms with Gasteiger partial charge in [-0.3, -0.25) is 0 Å². The highest BCUT2D eigenvalue weighted by atomic mass is 35.5. The molecule has 0 amide bonds. The van der Waals surface area contributed by atoms with Gasteiger partial charge in [0.15, 0.2) is 11.5 Å². The largest absolute Gasteiger partial charge is 0.493 e. The number of ether oxygens (including phenoxy) is 2. The van der Waals surface area contributed by atoms with E-state index in [0.717, 1.165) is 35.6 Å². The predicted molar refractivity (Wildman–Crippen MR) is 81.9 cm³/mol. The number of methoxy groups -OCH3 is 1. The molecule has 21 heavy (non-hydrogen) atoms. The van der Waals surface area contributed by atoms with Crippen molar-refractivity contribution in [3.05, 3.63) is 35.7 Å². The van der Waals surface area contributed by atoms with Gasteiger partial charge in [-0.2, -0.15) is 0 Å². The van der Waals surface area contributed by atoms with Crippen molar-refractivity contribution in [2.45, 2.75) is 31.8 Å². The van der Waals surface area contributed by atoms with Crippen molar-refractivity contribution in [3.63, 3.8) is 0 Å². The van der Waals surface area contributed by atoms with Gasteiger partial charge in [-0.05, 0) is 61.5 Å². The Balaban J connectivity index is 1.92. The van der Waals surface area contributed by atoms with E-state index in [1.54, 1.807) is 13.3 Å². The van der Waals surface area contributed by atoms with Crippen LogP contribution in [0.2, 0.25) is 5.28 Å². The van der Waals surface area contributed by atoms with Crippen LogP contribution >= 0.6 is 11.6 Å². The number of hydrogen-bond acceptors (Lipinski definition) is 4. The van der Waals surface area contributed by atoms with E-state index in [9.17, 15) is 0 Å². The van der Waals surface area contributed by atoms with Gasteiger partial charge in [0.1, 0.15) is 0 Å². The molecule has 2 aromatic rings. The third kappa shape index (κ3) is 3.27. The zero-order chi connectivity index (χ0) is 14.7. The van der Waals surface area contributed by atoms with Crippen LogP contribution in [-0.2, 0) is 0 Å². The van der Waals surface area contributed by atoms with Crippen molar-refractivity contribution in [2.75, 3.05) is 7.11 Å². The molecule has 5 heteroatoms. The van der Waals surface area contributed by atoms with E-state index in [0.29, 0.717) is 0 Å². The molecule has 4 nitrogen and oxygen atoms in total. The summed E-state index contributed by atoms with van der Waals surface area (Å²) in [6, 6.07) is 7.62. The first-order valence-electron chi connectivity index (χ1n) is 7.10. The number of hydrogen-bond donors (Lipinski definition) is 0. The van der Waals surface area contributed by atoms with E-state index in [1.807, 2.05) is 24.3 Å². The Kier molecular flexibility index (Phi) is 4.25. The van der Waals surface area contributed by atoms with Crippen LogP contribution in [0, 0.1) is 0 Å². The summed E-state index contributed by atoms with van der Waals surface area (Å²) in [5.41, 5.74) is 1.71. The van der Waals surface area contributed by atoms with Crippen LogP contribution in [0.5, 0.6) is 11.5 Å². The molecule has 0 aliphatic heterocycles. The molecule has 1 saturated carbocycles. The number of benzene rings is 1. The van der Waals surface area contributed by atoms with Crippen molar-refractivity contribution in [2.24, 2.45) is 0 Å². The quantitative estimate of drug-likeness (QED) is 0.797. The van der Waals surface area contributed by atoms with E-state index in [1.165, 1.54) is 12.8 Å². The molecule has 110 valence electrons. The van der Waals surface area contributed by atoms with E-state index in [2.05, 4.69) is 9.97 Å². The lowest BCUT2D eigenvalue weighted by Crippen LogP contribution is -2.11. The molecule has 1 fully saturated rings. The molecule has 0 bridgehead atoms. The Morgan fingerprint density at radius 2 is 1.95 bits per heavy atom. The third-order valence-corrected chi connectivity index (χ3v) is 3.86. The molecule has 0 N–H and O–H groups in total. The van der Waals surface area contributed by atoms with Crippen molar-refractivity contribution in [1.29, 1.82) is 0 Å².